The highest BCUT2D eigenvalue weighted by Crippen LogP contribution is 2.00. The summed E-state index contributed by atoms with van der Waals surface area (Å²) >= 11 is 0. The van der Waals surface area contributed by atoms with E-state index in [1.54, 1.807) is 0 Å². The van der Waals surface area contributed by atoms with E-state index in [-0.39, 0.29) is 19.3 Å². The third-order valence-electron chi connectivity index (χ3n) is 3.35. The summed E-state index contributed by atoms with van der Waals surface area (Å²) in [6.45, 7) is 1.37. The molecule has 0 aliphatic rings. The van der Waals surface area contributed by atoms with Gasteiger partial charge in [-0.25, -0.2) is 9.78 Å². The average Bonchev–Trinajstić information content (AvgIpc) is 3.04. The van der Waals surface area contributed by atoms with Crippen LogP contribution in [0.15, 0.2) is 12.5 Å². The molecule has 0 saturated carbocycles. The van der Waals surface area contributed by atoms with Crippen molar-refractivity contribution in [1.82, 2.24) is 20.6 Å². The number of hydrogen-bond donors (Lipinski definition) is 6. The lowest BCUT2D eigenvalue weighted by Gasteiger charge is -2.19. The molecule has 3 atom stereocenters. The van der Waals surface area contributed by atoms with E-state index in [1.165, 1.54) is 19.4 Å². The van der Waals surface area contributed by atoms with Crippen molar-refractivity contribution in [2.75, 3.05) is 0 Å². The Morgan fingerprint density at radius 3 is 2.44 bits per heavy atom. The zero-order valence-electron chi connectivity index (χ0n) is 13.6. The number of imidazole rings is 1. The van der Waals surface area contributed by atoms with E-state index >= 15 is 0 Å². The van der Waals surface area contributed by atoms with Crippen LogP contribution in [-0.4, -0.2) is 62.1 Å². The fourth-order valence-electron chi connectivity index (χ4n) is 1.91. The van der Waals surface area contributed by atoms with Gasteiger partial charge in [-0.1, -0.05) is 0 Å². The van der Waals surface area contributed by atoms with Gasteiger partial charge in [-0.3, -0.25) is 14.4 Å². The number of amides is 2. The van der Waals surface area contributed by atoms with E-state index in [0.29, 0.717) is 5.69 Å². The topological polar surface area (TPSA) is 188 Å². The van der Waals surface area contributed by atoms with Gasteiger partial charge in [-0.05, 0) is 13.3 Å². The molecule has 0 aromatic carbocycles. The highest BCUT2D eigenvalue weighted by molar-refractivity contribution is 5.91. The molecule has 2 amide bonds. The highest BCUT2D eigenvalue weighted by atomic mass is 16.4. The molecular formula is C14H21N5O6. The zero-order chi connectivity index (χ0) is 19.0. The van der Waals surface area contributed by atoms with E-state index < -0.39 is 41.9 Å². The molecule has 0 fully saturated rings. The van der Waals surface area contributed by atoms with Crippen LogP contribution in [0.5, 0.6) is 0 Å². The number of carbonyl (C=O) groups is 4. The first kappa shape index (κ1) is 20.1. The number of nitrogens with zero attached hydrogens (tertiary/aromatic N) is 1. The van der Waals surface area contributed by atoms with E-state index in [9.17, 15) is 24.3 Å². The number of aromatic nitrogens is 2. The van der Waals surface area contributed by atoms with Crippen molar-refractivity contribution >= 4 is 23.8 Å². The fourth-order valence-corrected chi connectivity index (χ4v) is 1.91. The summed E-state index contributed by atoms with van der Waals surface area (Å²) in [5.41, 5.74) is 6.07. The van der Waals surface area contributed by atoms with Crippen LogP contribution in [0.2, 0.25) is 0 Å². The Labute approximate surface area is 143 Å². The van der Waals surface area contributed by atoms with Crippen LogP contribution in [0, 0.1) is 0 Å². The summed E-state index contributed by atoms with van der Waals surface area (Å²) in [5, 5.41) is 22.4. The molecule has 11 heteroatoms. The quantitative estimate of drug-likeness (QED) is 0.284. The van der Waals surface area contributed by atoms with Crippen LogP contribution >= 0.6 is 0 Å². The molecule has 1 heterocycles. The van der Waals surface area contributed by atoms with Crippen molar-refractivity contribution in [2.24, 2.45) is 5.73 Å². The van der Waals surface area contributed by atoms with Gasteiger partial charge in [0, 0.05) is 24.7 Å². The Hall–Kier alpha value is -2.95. The van der Waals surface area contributed by atoms with Crippen molar-refractivity contribution in [3.63, 3.8) is 0 Å². The minimum absolute atomic E-state index is 0.000134. The molecule has 0 saturated heterocycles. The number of nitrogens with two attached hydrogens (primary N) is 1. The fraction of sp³-hybridized carbons (Fsp3) is 0.500. The van der Waals surface area contributed by atoms with Gasteiger partial charge in [0.15, 0.2) is 0 Å². The molecule has 0 spiro atoms. The van der Waals surface area contributed by atoms with Gasteiger partial charge in [-0.15, -0.1) is 0 Å². The Balaban J connectivity index is 2.54. The molecule has 1 rings (SSSR count). The predicted molar refractivity (Wildman–Crippen MR) is 84.3 cm³/mol. The van der Waals surface area contributed by atoms with E-state index in [1.807, 2.05) is 0 Å². The Bertz CT molecular complexity index is 617. The number of aliphatic carboxylic acids is 2. The van der Waals surface area contributed by atoms with Crippen LogP contribution in [0.25, 0.3) is 0 Å². The van der Waals surface area contributed by atoms with Gasteiger partial charge in [-0.2, -0.15) is 0 Å². The number of carboxylic acids is 2. The first-order valence-electron chi connectivity index (χ1n) is 7.49. The first-order chi connectivity index (χ1) is 11.7. The largest absolute Gasteiger partial charge is 0.481 e. The lowest BCUT2D eigenvalue weighted by atomic mass is 10.1. The molecule has 0 aliphatic carbocycles. The van der Waals surface area contributed by atoms with Crippen LogP contribution in [0.3, 0.4) is 0 Å². The van der Waals surface area contributed by atoms with Crippen LogP contribution in [0.4, 0.5) is 0 Å². The van der Waals surface area contributed by atoms with Crippen LogP contribution in [-0.2, 0) is 25.6 Å². The summed E-state index contributed by atoms with van der Waals surface area (Å²) in [4.78, 5) is 52.1. The van der Waals surface area contributed by atoms with Crippen molar-refractivity contribution < 1.29 is 29.4 Å². The third kappa shape index (κ3) is 6.99. The maximum absolute atomic E-state index is 12.1. The standard InChI is InChI=1S/C14H21N5O6/c1-7(18-13(23)9(15)2-3-11(20)21)12(22)19-10(14(24)25)4-8-5-16-6-17-8/h5-7,9-10H,2-4,15H2,1H3,(H,16,17)(H,18,23)(H,19,22)(H,20,21)(H,24,25)/t7-,9-,10-/m0/s1. The molecule has 138 valence electrons. The predicted octanol–water partition coefficient (Wildman–Crippen LogP) is -1.78. The second kappa shape index (κ2) is 9.37. The van der Waals surface area contributed by atoms with E-state index in [0.717, 1.165) is 0 Å². The van der Waals surface area contributed by atoms with Crippen molar-refractivity contribution in [3.8, 4) is 0 Å². The number of hydrogen-bond acceptors (Lipinski definition) is 6. The normalized spacial score (nSPS) is 14.2. The van der Waals surface area contributed by atoms with Gasteiger partial charge in [0.05, 0.1) is 12.4 Å². The highest BCUT2D eigenvalue weighted by Gasteiger charge is 2.26. The van der Waals surface area contributed by atoms with Gasteiger partial charge >= 0.3 is 11.9 Å². The Morgan fingerprint density at radius 2 is 1.92 bits per heavy atom. The van der Waals surface area contributed by atoms with Gasteiger partial charge in [0.25, 0.3) is 0 Å². The monoisotopic (exact) mass is 355 g/mol. The zero-order valence-corrected chi connectivity index (χ0v) is 13.6. The molecule has 1 aromatic rings. The van der Waals surface area contributed by atoms with Crippen LogP contribution < -0.4 is 16.4 Å². The van der Waals surface area contributed by atoms with Crippen molar-refractivity contribution in [2.45, 2.75) is 44.3 Å². The maximum atomic E-state index is 12.1. The second-order valence-electron chi connectivity index (χ2n) is 5.45. The number of carboxylic acid groups (broad SMARTS) is 2. The van der Waals surface area contributed by atoms with Gasteiger partial charge < -0.3 is 31.6 Å². The Kier molecular flexibility index (Phi) is 7.53. The third-order valence-corrected chi connectivity index (χ3v) is 3.35. The van der Waals surface area contributed by atoms with Gasteiger partial charge in [0.2, 0.25) is 11.8 Å². The molecule has 0 radical (unpaired) electrons. The SMILES string of the molecule is C[C@H](NC(=O)[C@@H](N)CCC(=O)O)C(=O)N[C@@H](Cc1cnc[nH]1)C(=O)O. The van der Waals surface area contributed by atoms with E-state index in [2.05, 4.69) is 20.6 Å². The minimum atomic E-state index is -1.24. The summed E-state index contributed by atoms with van der Waals surface area (Å²) in [6, 6.07) is -3.31. The van der Waals surface area contributed by atoms with E-state index in [4.69, 9.17) is 10.8 Å². The summed E-state index contributed by atoms with van der Waals surface area (Å²) in [5.74, 6) is -3.72. The molecule has 0 bridgehead atoms. The molecule has 11 nitrogen and oxygen atoms in total. The molecule has 1 aromatic heterocycles. The molecular weight excluding hydrogens is 334 g/mol. The number of aromatic amines is 1. The molecule has 25 heavy (non-hydrogen) atoms. The summed E-state index contributed by atoms with van der Waals surface area (Å²) < 4.78 is 0. The van der Waals surface area contributed by atoms with Crippen molar-refractivity contribution in [3.05, 3.63) is 18.2 Å². The molecule has 0 aliphatic heterocycles. The van der Waals surface area contributed by atoms with Crippen molar-refractivity contribution in [1.29, 1.82) is 0 Å². The number of H-pyrrole nitrogens is 1. The lowest BCUT2D eigenvalue weighted by Crippen LogP contribution is -2.53. The van der Waals surface area contributed by atoms with Crippen LogP contribution in [0.1, 0.15) is 25.5 Å². The number of nitrogens with one attached hydrogen (secondary N) is 3. The number of rotatable bonds is 10. The maximum Gasteiger partial charge on any atom is 0.326 e. The lowest BCUT2D eigenvalue weighted by molar-refractivity contribution is -0.142. The van der Waals surface area contributed by atoms with Gasteiger partial charge in [0.1, 0.15) is 12.1 Å². The Morgan fingerprint density at radius 1 is 1.24 bits per heavy atom. The first-order valence-corrected chi connectivity index (χ1v) is 7.49. The number of carbonyl (C=O) groups excluding carboxylic acids is 2. The summed E-state index contributed by atoms with van der Waals surface area (Å²) in [6.07, 6.45) is 2.47. The smallest absolute Gasteiger partial charge is 0.326 e. The molecule has 0 unspecified atom stereocenters. The average molecular weight is 355 g/mol. The summed E-state index contributed by atoms with van der Waals surface area (Å²) in [7, 11) is 0. The minimum Gasteiger partial charge on any atom is -0.481 e. The second-order valence-corrected chi connectivity index (χ2v) is 5.45. The molecule has 7 N–H and O–H groups in total.